The summed E-state index contributed by atoms with van der Waals surface area (Å²) in [5, 5.41) is 0. The molecule has 0 saturated carbocycles. The highest BCUT2D eigenvalue weighted by Crippen LogP contribution is 2.35. The van der Waals surface area contributed by atoms with Crippen LogP contribution in [-0.4, -0.2) is 8.42 Å². The SMILES string of the molecule is O=S1(=O)NCc2cccc(-c3ccc(-c4ccccc4)c(F)c3)c2N1. The first-order valence-electron chi connectivity index (χ1n) is 7.78. The van der Waals surface area contributed by atoms with Crippen molar-refractivity contribution in [1.29, 1.82) is 0 Å². The summed E-state index contributed by atoms with van der Waals surface area (Å²) >= 11 is 0. The third-order valence-electron chi connectivity index (χ3n) is 4.20. The summed E-state index contributed by atoms with van der Waals surface area (Å²) in [6, 6.07) is 19.7. The standard InChI is InChI=1S/C19H15FN2O2S/c20-18-11-14(9-10-16(18)13-5-2-1-3-6-13)17-8-4-7-15-12-21-25(23,24)22-19(15)17/h1-11,21-22H,12H2. The Morgan fingerprint density at radius 2 is 1.64 bits per heavy atom. The molecular weight excluding hydrogens is 339 g/mol. The number of nitrogens with one attached hydrogen (secondary N) is 2. The molecule has 0 aromatic heterocycles. The zero-order valence-corrected chi connectivity index (χ0v) is 14.0. The second-order valence-corrected chi connectivity index (χ2v) is 7.33. The van der Waals surface area contributed by atoms with Gasteiger partial charge in [-0.2, -0.15) is 13.1 Å². The molecule has 0 aliphatic carbocycles. The molecule has 126 valence electrons. The van der Waals surface area contributed by atoms with E-state index in [1.54, 1.807) is 18.2 Å². The third kappa shape index (κ3) is 3.01. The van der Waals surface area contributed by atoms with Crippen LogP contribution in [0.25, 0.3) is 22.3 Å². The monoisotopic (exact) mass is 354 g/mol. The summed E-state index contributed by atoms with van der Waals surface area (Å²) in [5.41, 5.74) is 3.90. The van der Waals surface area contributed by atoms with Crippen molar-refractivity contribution in [1.82, 2.24) is 4.72 Å². The maximum atomic E-state index is 14.7. The Bertz CT molecular complexity index is 1050. The van der Waals surface area contributed by atoms with Gasteiger partial charge in [-0.1, -0.05) is 60.7 Å². The molecule has 0 spiro atoms. The molecular formula is C19H15FN2O2S. The van der Waals surface area contributed by atoms with Crippen LogP contribution in [-0.2, 0) is 16.8 Å². The van der Waals surface area contributed by atoms with Crippen molar-refractivity contribution in [3.8, 4) is 22.3 Å². The van der Waals surface area contributed by atoms with Gasteiger partial charge in [0.25, 0.3) is 10.2 Å². The lowest BCUT2D eigenvalue weighted by Gasteiger charge is -2.22. The Balaban J connectivity index is 1.81. The predicted molar refractivity (Wildman–Crippen MR) is 96.7 cm³/mol. The van der Waals surface area contributed by atoms with E-state index in [9.17, 15) is 12.8 Å². The van der Waals surface area contributed by atoms with E-state index in [1.165, 1.54) is 6.07 Å². The van der Waals surface area contributed by atoms with Crippen molar-refractivity contribution >= 4 is 15.9 Å². The van der Waals surface area contributed by atoms with Gasteiger partial charge in [-0.3, -0.25) is 4.72 Å². The molecule has 2 N–H and O–H groups in total. The first-order chi connectivity index (χ1) is 12.0. The average Bonchev–Trinajstić information content (AvgIpc) is 2.61. The normalized spacial score (nSPS) is 15.2. The second kappa shape index (κ2) is 5.98. The van der Waals surface area contributed by atoms with E-state index in [2.05, 4.69) is 9.44 Å². The van der Waals surface area contributed by atoms with Crippen molar-refractivity contribution in [2.75, 3.05) is 4.72 Å². The predicted octanol–water partition coefficient (Wildman–Crippen LogP) is 3.92. The van der Waals surface area contributed by atoms with Gasteiger partial charge >= 0.3 is 0 Å². The van der Waals surface area contributed by atoms with E-state index >= 15 is 0 Å². The third-order valence-corrected chi connectivity index (χ3v) is 5.20. The van der Waals surface area contributed by atoms with E-state index in [-0.39, 0.29) is 12.4 Å². The number of hydrogen-bond donors (Lipinski definition) is 2. The van der Waals surface area contributed by atoms with Crippen LogP contribution in [0.5, 0.6) is 0 Å². The molecule has 1 heterocycles. The Kier molecular flexibility index (Phi) is 3.78. The molecule has 0 unspecified atom stereocenters. The molecule has 4 nitrogen and oxygen atoms in total. The van der Waals surface area contributed by atoms with Gasteiger partial charge in [0.2, 0.25) is 0 Å². The minimum atomic E-state index is -3.58. The highest BCUT2D eigenvalue weighted by molar-refractivity contribution is 7.90. The van der Waals surface area contributed by atoms with Crippen molar-refractivity contribution in [3.05, 3.63) is 78.1 Å². The number of rotatable bonds is 2. The number of halogens is 1. The van der Waals surface area contributed by atoms with Crippen LogP contribution in [0.2, 0.25) is 0 Å². The molecule has 0 atom stereocenters. The van der Waals surface area contributed by atoms with E-state index in [1.807, 2.05) is 42.5 Å². The van der Waals surface area contributed by atoms with Crippen LogP contribution in [0.4, 0.5) is 10.1 Å². The van der Waals surface area contributed by atoms with Crippen molar-refractivity contribution < 1.29 is 12.8 Å². The molecule has 4 rings (SSSR count). The molecule has 0 radical (unpaired) electrons. The molecule has 25 heavy (non-hydrogen) atoms. The van der Waals surface area contributed by atoms with Crippen LogP contribution < -0.4 is 9.44 Å². The zero-order chi connectivity index (χ0) is 17.4. The second-order valence-electron chi connectivity index (χ2n) is 5.83. The fourth-order valence-electron chi connectivity index (χ4n) is 2.99. The molecule has 3 aromatic rings. The van der Waals surface area contributed by atoms with Gasteiger partial charge in [-0.15, -0.1) is 0 Å². The number of benzene rings is 3. The number of hydrogen-bond acceptors (Lipinski definition) is 2. The average molecular weight is 354 g/mol. The molecule has 0 amide bonds. The maximum absolute atomic E-state index is 14.7. The van der Waals surface area contributed by atoms with Gasteiger partial charge < -0.3 is 0 Å². The molecule has 0 bridgehead atoms. The lowest BCUT2D eigenvalue weighted by Crippen LogP contribution is -2.34. The first-order valence-corrected chi connectivity index (χ1v) is 9.26. The lowest BCUT2D eigenvalue weighted by atomic mass is 9.97. The summed E-state index contributed by atoms with van der Waals surface area (Å²) in [5.74, 6) is -0.349. The quantitative estimate of drug-likeness (QED) is 0.733. The zero-order valence-electron chi connectivity index (χ0n) is 13.2. The molecule has 1 aliphatic heterocycles. The van der Waals surface area contributed by atoms with Crippen molar-refractivity contribution in [2.24, 2.45) is 0 Å². The van der Waals surface area contributed by atoms with E-state index < -0.39 is 10.2 Å². The van der Waals surface area contributed by atoms with Gasteiger partial charge in [0.05, 0.1) is 5.69 Å². The lowest BCUT2D eigenvalue weighted by molar-refractivity contribution is 0.584. The van der Waals surface area contributed by atoms with Crippen molar-refractivity contribution in [2.45, 2.75) is 6.54 Å². The summed E-state index contributed by atoms with van der Waals surface area (Å²) in [6.07, 6.45) is 0. The fourth-order valence-corrected chi connectivity index (χ4v) is 3.91. The van der Waals surface area contributed by atoms with Crippen LogP contribution in [0.1, 0.15) is 5.56 Å². The van der Waals surface area contributed by atoms with Gasteiger partial charge in [-0.05, 0) is 22.8 Å². The minimum absolute atomic E-state index is 0.211. The Morgan fingerprint density at radius 1 is 0.840 bits per heavy atom. The van der Waals surface area contributed by atoms with Crippen LogP contribution >= 0.6 is 0 Å². The van der Waals surface area contributed by atoms with Crippen LogP contribution in [0.3, 0.4) is 0 Å². The van der Waals surface area contributed by atoms with Gasteiger partial charge in [0.1, 0.15) is 5.82 Å². The van der Waals surface area contributed by atoms with Crippen LogP contribution in [0.15, 0.2) is 66.7 Å². The summed E-state index contributed by atoms with van der Waals surface area (Å²) in [4.78, 5) is 0. The summed E-state index contributed by atoms with van der Waals surface area (Å²) < 4.78 is 43.2. The molecule has 3 aromatic carbocycles. The summed E-state index contributed by atoms with van der Waals surface area (Å²) in [6.45, 7) is 0.211. The number of fused-ring (bicyclic) bond motifs is 1. The Hall–Kier alpha value is -2.70. The van der Waals surface area contributed by atoms with E-state index in [0.717, 1.165) is 11.1 Å². The Morgan fingerprint density at radius 3 is 2.40 bits per heavy atom. The molecule has 6 heteroatoms. The number of para-hydroxylation sites is 1. The molecule has 0 saturated heterocycles. The molecule has 1 aliphatic rings. The van der Waals surface area contributed by atoms with Gasteiger partial charge in [-0.25, -0.2) is 4.39 Å². The smallest absolute Gasteiger partial charge is 0.270 e. The van der Waals surface area contributed by atoms with Gasteiger partial charge in [0, 0.05) is 17.7 Å². The van der Waals surface area contributed by atoms with Gasteiger partial charge in [0.15, 0.2) is 0 Å². The topological polar surface area (TPSA) is 58.2 Å². The van der Waals surface area contributed by atoms with E-state index in [0.29, 0.717) is 22.4 Å². The fraction of sp³-hybridized carbons (Fsp3) is 0.0526. The highest BCUT2D eigenvalue weighted by atomic mass is 32.2. The highest BCUT2D eigenvalue weighted by Gasteiger charge is 2.22. The van der Waals surface area contributed by atoms with Crippen molar-refractivity contribution in [3.63, 3.8) is 0 Å². The Labute approximate surface area is 145 Å². The first kappa shape index (κ1) is 15.8. The van der Waals surface area contributed by atoms with E-state index in [4.69, 9.17) is 0 Å². The maximum Gasteiger partial charge on any atom is 0.299 e. The minimum Gasteiger partial charge on any atom is -0.270 e. The van der Waals surface area contributed by atoms with Crippen LogP contribution in [0, 0.1) is 5.82 Å². The molecule has 0 fully saturated rings. The largest absolute Gasteiger partial charge is 0.299 e. The number of anilines is 1. The summed E-state index contributed by atoms with van der Waals surface area (Å²) in [7, 11) is -3.58.